The van der Waals surface area contributed by atoms with Gasteiger partial charge in [0.1, 0.15) is 5.75 Å². The Morgan fingerprint density at radius 3 is 2.04 bits per heavy atom. The van der Waals surface area contributed by atoms with Crippen molar-refractivity contribution in [1.82, 2.24) is 5.32 Å². The lowest BCUT2D eigenvalue weighted by Crippen LogP contribution is -2.34. The van der Waals surface area contributed by atoms with Crippen molar-refractivity contribution in [1.29, 1.82) is 0 Å². The molecule has 144 valence electrons. The fourth-order valence-electron chi connectivity index (χ4n) is 2.92. The van der Waals surface area contributed by atoms with E-state index >= 15 is 0 Å². The zero-order chi connectivity index (χ0) is 20.0. The highest BCUT2D eigenvalue weighted by atomic mass is 35.5. The molecule has 6 heteroatoms. The van der Waals surface area contributed by atoms with Crippen LogP contribution < -0.4 is 5.32 Å². The van der Waals surface area contributed by atoms with Crippen molar-refractivity contribution in [3.05, 3.63) is 101 Å². The Labute approximate surface area is 170 Å². The second-order valence-electron chi connectivity index (χ2n) is 6.43. The van der Waals surface area contributed by atoms with Gasteiger partial charge in [-0.3, -0.25) is 4.79 Å². The Bertz CT molecular complexity index is 1020. The van der Waals surface area contributed by atoms with E-state index in [1.807, 2.05) is 60.7 Å². The average molecular weight is 414 g/mol. The molecule has 0 fully saturated rings. The lowest BCUT2D eigenvalue weighted by atomic mass is 9.99. The van der Waals surface area contributed by atoms with Crippen molar-refractivity contribution in [2.45, 2.75) is 17.4 Å². The number of halogens is 1. The van der Waals surface area contributed by atoms with E-state index in [4.69, 9.17) is 11.6 Å². The second kappa shape index (κ2) is 9.04. The SMILES string of the molecule is O=C(CS(=O)(=O)c1ccc(Cl)cc1)NC(Cc1ccccc1)c1ccccc1. The minimum Gasteiger partial charge on any atom is -0.348 e. The van der Waals surface area contributed by atoms with Gasteiger partial charge in [-0.05, 0) is 41.8 Å². The average Bonchev–Trinajstić information content (AvgIpc) is 2.69. The Kier molecular flexibility index (Phi) is 6.49. The standard InChI is InChI=1S/C22H20ClNO3S/c23-19-11-13-20(14-12-19)28(26,27)16-22(25)24-21(18-9-5-2-6-10-18)15-17-7-3-1-4-8-17/h1-14,21H,15-16H2,(H,24,25). The van der Waals surface area contributed by atoms with Crippen molar-refractivity contribution >= 4 is 27.3 Å². The van der Waals surface area contributed by atoms with Gasteiger partial charge >= 0.3 is 0 Å². The lowest BCUT2D eigenvalue weighted by Gasteiger charge is -2.19. The zero-order valence-electron chi connectivity index (χ0n) is 15.1. The van der Waals surface area contributed by atoms with E-state index < -0.39 is 21.5 Å². The fourth-order valence-corrected chi connectivity index (χ4v) is 4.19. The van der Waals surface area contributed by atoms with E-state index in [-0.39, 0.29) is 10.9 Å². The predicted molar refractivity (Wildman–Crippen MR) is 111 cm³/mol. The Morgan fingerprint density at radius 1 is 0.857 bits per heavy atom. The molecule has 1 unspecified atom stereocenters. The molecule has 0 saturated heterocycles. The molecule has 28 heavy (non-hydrogen) atoms. The number of amides is 1. The van der Waals surface area contributed by atoms with Gasteiger partial charge in [0.15, 0.2) is 9.84 Å². The number of rotatable bonds is 7. The highest BCUT2D eigenvalue weighted by Crippen LogP contribution is 2.19. The summed E-state index contributed by atoms with van der Waals surface area (Å²) in [6.07, 6.45) is 0.567. The number of carbonyl (C=O) groups excluding carboxylic acids is 1. The van der Waals surface area contributed by atoms with Gasteiger partial charge in [-0.1, -0.05) is 72.3 Å². The third-order valence-corrected chi connectivity index (χ3v) is 6.20. The molecular weight excluding hydrogens is 394 g/mol. The zero-order valence-corrected chi connectivity index (χ0v) is 16.7. The molecule has 0 aromatic heterocycles. The van der Waals surface area contributed by atoms with Gasteiger partial charge in [0.05, 0.1) is 10.9 Å². The highest BCUT2D eigenvalue weighted by Gasteiger charge is 2.22. The third-order valence-electron chi connectivity index (χ3n) is 4.31. The molecule has 1 amide bonds. The van der Waals surface area contributed by atoms with Crippen molar-refractivity contribution < 1.29 is 13.2 Å². The first-order valence-electron chi connectivity index (χ1n) is 8.80. The van der Waals surface area contributed by atoms with Crippen LogP contribution in [0.4, 0.5) is 0 Å². The van der Waals surface area contributed by atoms with Crippen LogP contribution in [0.15, 0.2) is 89.8 Å². The van der Waals surface area contributed by atoms with E-state index in [2.05, 4.69) is 5.32 Å². The molecule has 1 N–H and O–H groups in total. The smallest absolute Gasteiger partial charge is 0.236 e. The van der Waals surface area contributed by atoms with E-state index in [9.17, 15) is 13.2 Å². The van der Waals surface area contributed by atoms with Gasteiger partial charge in [0, 0.05) is 5.02 Å². The molecule has 0 aliphatic heterocycles. The van der Waals surface area contributed by atoms with E-state index in [0.29, 0.717) is 11.4 Å². The molecule has 0 heterocycles. The largest absolute Gasteiger partial charge is 0.348 e. The van der Waals surface area contributed by atoms with Crippen LogP contribution in [0.5, 0.6) is 0 Å². The van der Waals surface area contributed by atoms with Gasteiger partial charge in [-0.25, -0.2) is 8.42 Å². The molecule has 1 atom stereocenters. The summed E-state index contributed by atoms with van der Waals surface area (Å²) in [5, 5.41) is 3.32. The second-order valence-corrected chi connectivity index (χ2v) is 8.86. The molecule has 0 bridgehead atoms. The maximum absolute atomic E-state index is 12.6. The number of carbonyl (C=O) groups is 1. The van der Waals surface area contributed by atoms with Crippen LogP contribution in [-0.2, 0) is 21.1 Å². The molecule has 0 radical (unpaired) electrons. The van der Waals surface area contributed by atoms with Gasteiger partial charge in [0.2, 0.25) is 5.91 Å². The van der Waals surface area contributed by atoms with Crippen LogP contribution in [-0.4, -0.2) is 20.1 Å². The molecule has 4 nitrogen and oxygen atoms in total. The normalized spacial score (nSPS) is 12.3. The Balaban J connectivity index is 1.76. The van der Waals surface area contributed by atoms with Gasteiger partial charge in [0.25, 0.3) is 0 Å². The number of nitrogens with one attached hydrogen (secondary N) is 1. The molecular formula is C22H20ClNO3S. The topological polar surface area (TPSA) is 63.2 Å². The summed E-state index contributed by atoms with van der Waals surface area (Å²) in [5.41, 5.74) is 1.97. The van der Waals surface area contributed by atoms with E-state index in [1.54, 1.807) is 0 Å². The van der Waals surface area contributed by atoms with E-state index in [1.165, 1.54) is 24.3 Å². The molecule has 3 rings (SSSR count). The summed E-state index contributed by atoms with van der Waals surface area (Å²) in [5.74, 6) is -1.16. The summed E-state index contributed by atoms with van der Waals surface area (Å²) in [7, 11) is -3.75. The third kappa shape index (κ3) is 5.44. The van der Waals surface area contributed by atoms with Crippen LogP contribution in [0.3, 0.4) is 0 Å². The monoisotopic (exact) mass is 413 g/mol. The van der Waals surface area contributed by atoms with Crippen molar-refractivity contribution in [2.75, 3.05) is 5.75 Å². The predicted octanol–water partition coefficient (Wildman–Crippen LogP) is 4.21. The van der Waals surface area contributed by atoms with Gasteiger partial charge in [-0.2, -0.15) is 0 Å². The molecule has 0 aliphatic rings. The maximum atomic E-state index is 12.6. The minimum absolute atomic E-state index is 0.0753. The fraction of sp³-hybridized carbons (Fsp3) is 0.136. The van der Waals surface area contributed by atoms with Crippen LogP contribution in [0.25, 0.3) is 0 Å². The Hall–Kier alpha value is -2.63. The maximum Gasteiger partial charge on any atom is 0.236 e. The van der Waals surface area contributed by atoms with Crippen molar-refractivity contribution in [3.8, 4) is 0 Å². The van der Waals surface area contributed by atoms with Gasteiger partial charge in [-0.15, -0.1) is 0 Å². The van der Waals surface area contributed by atoms with Crippen LogP contribution >= 0.6 is 11.6 Å². The molecule has 0 aliphatic carbocycles. The number of sulfone groups is 1. The summed E-state index contributed by atoms with van der Waals surface area (Å²) in [6.45, 7) is 0. The first-order valence-corrected chi connectivity index (χ1v) is 10.8. The molecule has 3 aromatic rings. The number of hydrogen-bond donors (Lipinski definition) is 1. The summed E-state index contributed by atoms with van der Waals surface area (Å²) >= 11 is 5.81. The Morgan fingerprint density at radius 2 is 1.43 bits per heavy atom. The van der Waals surface area contributed by atoms with Crippen molar-refractivity contribution in [2.24, 2.45) is 0 Å². The molecule has 0 saturated carbocycles. The minimum atomic E-state index is -3.75. The lowest BCUT2D eigenvalue weighted by molar-refractivity contribution is -0.119. The summed E-state index contributed by atoms with van der Waals surface area (Å²) in [6, 6.07) is 24.8. The van der Waals surface area contributed by atoms with Gasteiger partial charge < -0.3 is 5.32 Å². The summed E-state index contributed by atoms with van der Waals surface area (Å²) in [4.78, 5) is 12.6. The number of hydrogen-bond acceptors (Lipinski definition) is 3. The first kappa shape index (κ1) is 20.1. The van der Waals surface area contributed by atoms with Crippen LogP contribution in [0.2, 0.25) is 5.02 Å². The van der Waals surface area contributed by atoms with Crippen molar-refractivity contribution in [3.63, 3.8) is 0 Å². The summed E-state index contributed by atoms with van der Waals surface area (Å²) < 4.78 is 25.1. The van der Waals surface area contributed by atoms with Crippen LogP contribution in [0, 0.1) is 0 Å². The number of benzene rings is 3. The molecule has 0 spiro atoms. The van der Waals surface area contributed by atoms with E-state index in [0.717, 1.165) is 11.1 Å². The quantitative estimate of drug-likeness (QED) is 0.631. The molecule has 3 aromatic carbocycles. The highest BCUT2D eigenvalue weighted by molar-refractivity contribution is 7.92. The van der Waals surface area contributed by atoms with Crippen LogP contribution in [0.1, 0.15) is 17.2 Å². The first-order chi connectivity index (χ1) is 13.4.